The smallest absolute Gasteiger partial charge is 0.0986 e. The molecule has 0 unspecified atom stereocenters. The molecule has 0 aromatic heterocycles. The normalized spacial score (nSPS) is 17.2. The Morgan fingerprint density at radius 2 is 1.59 bits per heavy atom. The Morgan fingerprint density at radius 1 is 0.781 bits per heavy atom. The van der Waals surface area contributed by atoms with Crippen LogP contribution in [-0.4, -0.2) is 30.7 Å². The molecule has 4 nitrogen and oxygen atoms in total. The molecular weight excluding hydrogens is 392 g/mol. The summed E-state index contributed by atoms with van der Waals surface area (Å²) in [5, 5.41) is 2.09. The van der Waals surface area contributed by atoms with Gasteiger partial charge in [0.25, 0.3) is 0 Å². The molecule has 3 aromatic rings. The number of fused-ring (bicyclic) bond motifs is 10. The number of nitrogens with zero attached hydrogens (tertiary/aromatic N) is 4. The summed E-state index contributed by atoms with van der Waals surface area (Å²) in [4.78, 5) is 17.5. The van der Waals surface area contributed by atoms with Gasteiger partial charge in [-0.05, 0) is 68.6 Å². The van der Waals surface area contributed by atoms with Gasteiger partial charge in [0.15, 0.2) is 0 Å². The van der Waals surface area contributed by atoms with Crippen LogP contribution in [0.4, 0.5) is 11.4 Å². The molecule has 158 valence electrons. The number of hydrogen-bond acceptors (Lipinski definition) is 4. The summed E-state index contributed by atoms with van der Waals surface area (Å²) < 4.78 is 0. The van der Waals surface area contributed by atoms with Crippen molar-refractivity contribution in [1.82, 2.24) is 4.90 Å². The standard InChI is InChI=1S/C28H26N4/c1-4-13-32(14-5-1)15-7-9-18-8-6-12-23-24(18)26-21-17-29-16-20(21)25-19-10-2-3-11-22(19)30-27(25)28(26)31-23/h2-3,6,8,10-12,16H,1,4-5,7,9,13-15,17H2. The minimum Gasteiger partial charge on any atom is -0.303 e. The Balaban J connectivity index is 1.33. The fourth-order valence-corrected chi connectivity index (χ4v) is 5.96. The van der Waals surface area contributed by atoms with Crippen molar-refractivity contribution in [3.05, 3.63) is 69.9 Å². The lowest BCUT2D eigenvalue weighted by Gasteiger charge is -2.26. The first-order valence-electron chi connectivity index (χ1n) is 12.0. The van der Waals surface area contributed by atoms with E-state index in [-0.39, 0.29) is 0 Å². The summed E-state index contributed by atoms with van der Waals surface area (Å²) in [7, 11) is 0. The number of hydrogen-bond donors (Lipinski definition) is 0. The van der Waals surface area contributed by atoms with Crippen LogP contribution < -0.4 is 10.7 Å². The van der Waals surface area contributed by atoms with Gasteiger partial charge < -0.3 is 4.90 Å². The quantitative estimate of drug-likeness (QED) is 0.409. The van der Waals surface area contributed by atoms with Gasteiger partial charge in [-0.25, -0.2) is 9.98 Å². The highest BCUT2D eigenvalue weighted by Crippen LogP contribution is 2.43. The predicted octanol–water partition coefficient (Wildman–Crippen LogP) is 4.90. The summed E-state index contributed by atoms with van der Waals surface area (Å²) in [5.41, 5.74) is 11.2. The third-order valence-electron chi connectivity index (χ3n) is 7.45. The molecule has 7 rings (SSSR count). The van der Waals surface area contributed by atoms with Crippen LogP contribution in [0, 0.1) is 0 Å². The molecule has 1 saturated heterocycles. The Labute approximate surface area is 188 Å². The molecular formula is C28H26N4. The summed E-state index contributed by atoms with van der Waals surface area (Å²) in [6, 6.07) is 15.1. The van der Waals surface area contributed by atoms with Crippen molar-refractivity contribution in [2.24, 2.45) is 15.0 Å². The van der Waals surface area contributed by atoms with E-state index in [1.165, 1.54) is 84.3 Å². The van der Waals surface area contributed by atoms with Crippen LogP contribution in [0.2, 0.25) is 0 Å². The van der Waals surface area contributed by atoms with Gasteiger partial charge >= 0.3 is 0 Å². The molecule has 0 saturated carbocycles. The van der Waals surface area contributed by atoms with E-state index in [1.54, 1.807) is 0 Å². The molecule has 4 heterocycles. The highest BCUT2D eigenvalue weighted by molar-refractivity contribution is 6.01. The van der Waals surface area contributed by atoms with Crippen LogP contribution in [-0.2, 0) is 13.0 Å². The van der Waals surface area contributed by atoms with Crippen LogP contribution in [0.3, 0.4) is 0 Å². The molecule has 3 aromatic carbocycles. The van der Waals surface area contributed by atoms with Crippen LogP contribution in [0.5, 0.6) is 0 Å². The Bertz CT molecular complexity index is 1410. The molecule has 0 spiro atoms. The molecule has 0 radical (unpaired) electrons. The fraction of sp³-hybridized carbons (Fsp3) is 0.321. The molecule has 0 atom stereocenters. The predicted molar refractivity (Wildman–Crippen MR) is 129 cm³/mol. The van der Waals surface area contributed by atoms with E-state index in [2.05, 4.69) is 53.6 Å². The van der Waals surface area contributed by atoms with Crippen molar-refractivity contribution >= 4 is 17.6 Å². The summed E-state index contributed by atoms with van der Waals surface area (Å²) >= 11 is 0. The molecule has 0 N–H and O–H groups in total. The van der Waals surface area contributed by atoms with E-state index < -0.39 is 0 Å². The minimum absolute atomic E-state index is 0.740. The van der Waals surface area contributed by atoms with Gasteiger partial charge in [0, 0.05) is 34.0 Å². The highest BCUT2D eigenvalue weighted by atomic mass is 15.1. The van der Waals surface area contributed by atoms with Crippen molar-refractivity contribution < 1.29 is 0 Å². The number of aryl methyl sites for hydroxylation is 1. The van der Waals surface area contributed by atoms with Crippen LogP contribution in [0.15, 0.2) is 57.4 Å². The van der Waals surface area contributed by atoms with Crippen LogP contribution in [0.25, 0.3) is 22.3 Å². The van der Waals surface area contributed by atoms with Gasteiger partial charge in [0.2, 0.25) is 0 Å². The van der Waals surface area contributed by atoms with E-state index in [0.717, 1.165) is 35.1 Å². The first-order valence-corrected chi connectivity index (χ1v) is 12.0. The van der Waals surface area contributed by atoms with Gasteiger partial charge in [0.1, 0.15) is 0 Å². The maximum atomic E-state index is 5.15. The lowest BCUT2D eigenvalue weighted by molar-refractivity contribution is 0.226. The van der Waals surface area contributed by atoms with Crippen molar-refractivity contribution in [2.75, 3.05) is 19.6 Å². The van der Waals surface area contributed by atoms with E-state index >= 15 is 0 Å². The zero-order valence-corrected chi connectivity index (χ0v) is 18.3. The molecule has 4 aliphatic rings. The van der Waals surface area contributed by atoms with Crippen molar-refractivity contribution in [3.63, 3.8) is 0 Å². The lowest BCUT2D eigenvalue weighted by atomic mass is 9.88. The van der Waals surface area contributed by atoms with Gasteiger partial charge in [-0.2, -0.15) is 0 Å². The average Bonchev–Trinajstić information content (AvgIpc) is 3.54. The maximum absolute atomic E-state index is 5.15. The van der Waals surface area contributed by atoms with Crippen molar-refractivity contribution in [2.45, 2.75) is 38.6 Å². The Kier molecular flexibility index (Phi) is 4.16. The van der Waals surface area contributed by atoms with Crippen LogP contribution in [0.1, 0.15) is 42.4 Å². The molecule has 0 amide bonds. The number of rotatable bonds is 4. The van der Waals surface area contributed by atoms with E-state index in [0.29, 0.717) is 0 Å². The molecule has 32 heavy (non-hydrogen) atoms. The number of aliphatic imine (C=N–C) groups is 1. The number of likely N-dealkylation sites (tertiary alicyclic amines) is 1. The van der Waals surface area contributed by atoms with Crippen molar-refractivity contribution in [1.29, 1.82) is 0 Å². The topological polar surface area (TPSA) is 40.3 Å². The average molecular weight is 419 g/mol. The van der Waals surface area contributed by atoms with Crippen LogP contribution >= 0.6 is 0 Å². The third kappa shape index (κ3) is 2.69. The maximum Gasteiger partial charge on any atom is 0.0986 e. The van der Waals surface area contributed by atoms with E-state index in [4.69, 9.17) is 15.0 Å². The van der Waals surface area contributed by atoms with E-state index in [9.17, 15) is 0 Å². The molecule has 1 fully saturated rings. The summed E-state index contributed by atoms with van der Waals surface area (Å²) in [6.07, 6.45) is 8.46. The van der Waals surface area contributed by atoms with Crippen molar-refractivity contribution in [3.8, 4) is 22.3 Å². The largest absolute Gasteiger partial charge is 0.303 e. The second kappa shape index (κ2) is 7.21. The molecule has 0 aliphatic carbocycles. The molecule has 0 bridgehead atoms. The first kappa shape index (κ1) is 18.5. The zero-order chi connectivity index (χ0) is 21.1. The molecule has 4 aliphatic heterocycles. The second-order valence-electron chi connectivity index (χ2n) is 9.37. The monoisotopic (exact) mass is 418 g/mol. The Morgan fingerprint density at radius 3 is 2.53 bits per heavy atom. The lowest BCUT2D eigenvalue weighted by Crippen LogP contribution is -2.30. The third-order valence-corrected chi connectivity index (χ3v) is 7.45. The van der Waals surface area contributed by atoms with E-state index in [1.807, 2.05) is 0 Å². The fourth-order valence-electron chi connectivity index (χ4n) is 5.96. The SMILES string of the molecule is C1=NCc2c1c1c(c3c2-c2c(CCCN4CCCCC4)cccc2N=3)=Nc2ccccc2-1. The minimum atomic E-state index is 0.740. The van der Waals surface area contributed by atoms with Gasteiger partial charge in [0.05, 0.1) is 28.6 Å². The molecule has 4 heteroatoms. The number of benzene rings is 3. The number of para-hydroxylation sites is 1. The van der Waals surface area contributed by atoms with Gasteiger partial charge in [-0.15, -0.1) is 0 Å². The number of piperidine rings is 1. The highest BCUT2D eigenvalue weighted by Gasteiger charge is 2.30. The second-order valence-corrected chi connectivity index (χ2v) is 9.37. The first-order chi connectivity index (χ1) is 15.9. The van der Waals surface area contributed by atoms with Gasteiger partial charge in [-0.3, -0.25) is 4.99 Å². The summed E-state index contributed by atoms with van der Waals surface area (Å²) in [6.45, 7) is 4.47. The zero-order valence-electron chi connectivity index (χ0n) is 18.3. The summed E-state index contributed by atoms with van der Waals surface area (Å²) in [5.74, 6) is 0. The Hall–Kier alpha value is -3.11. The van der Waals surface area contributed by atoms with Gasteiger partial charge in [-0.1, -0.05) is 36.8 Å².